The van der Waals surface area contributed by atoms with Crippen LogP contribution < -0.4 is 5.32 Å². The number of aromatic nitrogens is 4. The van der Waals surface area contributed by atoms with Crippen molar-refractivity contribution in [3.8, 4) is 0 Å². The van der Waals surface area contributed by atoms with Gasteiger partial charge < -0.3 is 5.32 Å². The zero-order valence-corrected chi connectivity index (χ0v) is 16.9. The maximum Gasteiger partial charge on any atom is 0.244 e. The van der Waals surface area contributed by atoms with Crippen molar-refractivity contribution >= 4 is 29.1 Å². The summed E-state index contributed by atoms with van der Waals surface area (Å²) in [5.41, 5.74) is 3.34. The SMILES string of the molecule is CCC(C(=O)NCCCn1nc(C)c(Cl)c1C)n1nc(C)c(Cl)c1C. The van der Waals surface area contributed by atoms with Gasteiger partial charge in [0.15, 0.2) is 0 Å². The van der Waals surface area contributed by atoms with Crippen molar-refractivity contribution in [3.05, 3.63) is 32.8 Å². The summed E-state index contributed by atoms with van der Waals surface area (Å²) in [6.07, 6.45) is 1.43. The highest BCUT2D eigenvalue weighted by molar-refractivity contribution is 6.32. The number of carbonyl (C=O) groups is 1. The molecule has 0 saturated heterocycles. The van der Waals surface area contributed by atoms with E-state index in [9.17, 15) is 4.79 Å². The summed E-state index contributed by atoms with van der Waals surface area (Å²) < 4.78 is 3.59. The molecule has 0 fully saturated rings. The van der Waals surface area contributed by atoms with E-state index in [2.05, 4.69) is 15.5 Å². The predicted molar refractivity (Wildman–Crippen MR) is 100 cm³/mol. The molecule has 138 valence electrons. The number of aryl methyl sites for hydroxylation is 3. The van der Waals surface area contributed by atoms with Crippen LogP contribution in [-0.4, -0.2) is 32.0 Å². The number of rotatable bonds is 7. The lowest BCUT2D eigenvalue weighted by Gasteiger charge is -2.17. The molecule has 1 N–H and O–H groups in total. The second-order valence-corrected chi connectivity index (χ2v) is 6.96. The van der Waals surface area contributed by atoms with Crippen molar-refractivity contribution < 1.29 is 4.79 Å². The van der Waals surface area contributed by atoms with Gasteiger partial charge in [0.1, 0.15) is 6.04 Å². The summed E-state index contributed by atoms with van der Waals surface area (Å²) in [6, 6.07) is -0.352. The normalized spacial score (nSPS) is 12.4. The zero-order chi connectivity index (χ0) is 18.7. The quantitative estimate of drug-likeness (QED) is 0.737. The van der Waals surface area contributed by atoms with Crippen molar-refractivity contribution in [2.45, 2.75) is 60.0 Å². The molecule has 0 aliphatic heterocycles. The smallest absolute Gasteiger partial charge is 0.244 e. The fourth-order valence-corrected chi connectivity index (χ4v) is 3.13. The molecule has 1 unspecified atom stereocenters. The molecule has 0 bridgehead atoms. The number of hydrogen-bond donors (Lipinski definition) is 1. The minimum atomic E-state index is -0.352. The van der Waals surface area contributed by atoms with Crippen molar-refractivity contribution in [2.75, 3.05) is 6.54 Å². The van der Waals surface area contributed by atoms with Gasteiger partial charge in [0.05, 0.1) is 32.8 Å². The van der Waals surface area contributed by atoms with E-state index in [-0.39, 0.29) is 11.9 Å². The molecule has 0 aliphatic carbocycles. The Kier molecular flexibility index (Phi) is 6.52. The Morgan fingerprint density at radius 1 is 1.08 bits per heavy atom. The molecule has 2 aromatic heterocycles. The number of amides is 1. The third-order valence-electron chi connectivity index (χ3n) is 4.36. The molecule has 6 nitrogen and oxygen atoms in total. The van der Waals surface area contributed by atoms with Gasteiger partial charge in [0.25, 0.3) is 0 Å². The summed E-state index contributed by atoms with van der Waals surface area (Å²) in [5, 5.41) is 13.1. The summed E-state index contributed by atoms with van der Waals surface area (Å²) in [4.78, 5) is 12.5. The van der Waals surface area contributed by atoms with Gasteiger partial charge in [0.2, 0.25) is 5.91 Å². The van der Waals surface area contributed by atoms with Crippen LogP contribution in [0.4, 0.5) is 0 Å². The van der Waals surface area contributed by atoms with Crippen LogP contribution in [0.2, 0.25) is 10.0 Å². The van der Waals surface area contributed by atoms with Gasteiger partial charge in [-0.1, -0.05) is 30.1 Å². The molecule has 0 aliphatic rings. The first-order valence-electron chi connectivity index (χ1n) is 8.46. The van der Waals surface area contributed by atoms with Crippen molar-refractivity contribution in [2.24, 2.45) is 0 Å². The highest BCUT2D eigenvalue weighted by Gasteiger charge is 2.22. The van der Waals surface area contributed by atoms with Gasteiger partial charge >= 0.3 is 0 Å². The first-order chi connectivity index (χ1) is 11.8. The van der Waals surface area contributed by atoms with Crippen LogP contribution >= 0.6 is 23.2 Å². The third kappa shape index (κ3) is 4.18. The van der Waals surface area contributed by atoms with Crippen LogP contribution in [0.3, 0.4) is 0 Å². The molecular formula is C17H25Cl2N5O. The Labute approximate surface area is 158 Å². The van der Waals surface area contributed by atoms with E-state index >= 15 is 0 Å². The zero-order valence-electron chi connectivity index (χ0n) is 15.4. The van der Waals surface area contributed by atoms with Gasteiger partial charge in [-0.15, -0.1) is 0 Å². The Morgan fingerprint density at radius 3 is 2.16 bits per heavy atom. The van der Waals surface area contributed by atoms with Gasteiger partial charge in [-0.2, -0.15) is 10.2 Å². The van der Waals surface area contributed by atoms with Crippen LogP contribution in [-0.2, 0) is 11.3 Å². The van der Waals surface area contributed by atoms with Gasteiger partial charge in [-0.3, -0.25) is 14.2 Å². The Bertz CT molecular complexity index is 766. The molecule has 2 heterocycles. The van der Waals surface area contributed by atoms with E-state index in [1.807, 2.05) is 39.3 Å². The van der Waals surface area contributed by atoms with Crippen LogP contribution in [0, 0.1) is 27.7 Å². The lowest BCUT2D eigenvalue weighted by molar-refractivity contribution is -0.124. The van der Waals surface area contributed by atoms with Crippen molar-refractivity contribution in [1.29, 1.82) is 0 Å². The number of halogens is 2. The van der Waals surface area contributed by atoms with E-state index in [0.717, 1.165) is 29.2 Å². The van der Waals surface area contributed by atoms with E-state index in [4.69, 9.17) is 23.2 Å². The molecule has 2 rings (SSSR count). The molecule has 0 aromatic carbocycles. The van der Waals surface area contributed by atoms with Crippen LogP contribution in [0.1, 0.15) is 48.6 Å². The van der Waals surface area contributed by atoms with Crippen molar-refractivity contribution in [1.82, 2.24) is 24.9 Å². The van der Waals surface area contributed by atoms with Crippen LogP contribution in [0.5, 0.6) is 0 Å². The molecule has 1 amide bonds. The molecule has 8 heteroatoms. The summed E-state index contributed by atoms with van der Waals surface area (Å²) in [7, 11) is 0. The van der Waals surface area contributed by atoms with Gasteiger partial charge in [0, 0.05) is 13.1 Å². The topological polar surface area (TPSA) is 64.7 Å². The fraction of sp³-hybridized carbons (Fsp3) is 0.588. The van der Waals surface area contributed by atoms with Gasteiger partial charge in [-0.05, 0) is 40.5 Å². The number of nitrogens with one attached hydrogen (secondary N) is 1. The summed E-state index contributed by atoms with van der Waals surface area (Å²) in [5.74, 6) is -0.0452. The number of nitrogens with zero attached hydrogens (tertiary/aromatic N) is 4. The Morgan fingerprint density at radius 2 is 1.68 bits per heavy atom. The standard InChI is InChI=1S/C17H25Cl2N5O/c1-6-14(24-13(5)16(19)11(3)22-24)17(25)20-8-7-9-23-12(4)15(18)10(2)21-23/h14H,6-9H2,1-5H3,(H,20,25). The second-order valence-electron chi connectivity index (χ2n) is 6.21. The van der Waals surface area contributed by atoms with E-state index in [0.29, 0.717) is 29.6 Å². The van der Waals surface area contributed by atoms with Crippen LogP contribution in [0.15, 0.2) is 0 Å². The highest BCUT2D eigenvalue weighted by atomic mass is 35.5. The minimum Gasteiger partial charge on any atom is -0.354 e. The van der Waals surface area contributed by atoms with Crippen LogP contribution in [0.25, 0.3) is 0 Å². The lowest BCUT2D eigenvalue weighted by Crippen LogP contribution is -2.34. The largest absolute Gasteiger partial charge is 0.354 e. The predicted octanol–water partition coefficient (Wildman–Crippen LogP) is 3.78. The lowest BCUT2D eigenvalue weighted by atomic mass is 10.2. The van der Waals surface area contributed by atoms with E-state index in [1.165, 1.54) is 0 Å². The molecule has 0 spiro atoms. The highest BCUT2D eigenvalue weighted by Crippen LogP contribution is 2.24. The summed E-state index contributed by atoms with van der Waals surface area (Å²) in [6.45, 7) is 10.8. The maximum absolute atomic E-state index is 12.5. The first kappa shape index (κ1) is 19.8. The second kappa shape index (κ2) is 8.23. The average molecular weight is 386 g/mol. The van der Waals surface area contributed by atoms with E-state index < -0.39 is 0 Å². The molecular weight excluding hydrogens is 361 g/mol. The minimum absolute atomic E-state index is 0.0452. The third-order valence-corrected chi connectivity index (χ3v) is 5.45. The number of hydrogen-bond acceptors (Lipinski definition) is 3. The van der Waals surface area contributed by atoms with E-state index in [1.54, 1.807) is 4.68 Å². The molecule has 0 saturated carbocycles. The summed E-state index contributed by atoms with van der Waals surface area (Å²) >= 11 is 12.3. The first-order valence-corrected chi connectivity index (χ1v) is 9.21. The number of carbonyl (C=O) groups excluding carboxylic acids is 1. The molecule has 0 radical (unpaired) electrons. The Hall–Kier alpha value is -1.53. The molecule has 25 heavy (non-hydrogen) atoms. The molecule has 1 atom stereocenters. The fourth-order valence-electron chi connectivity index (χ4n) is 2.87. The monoisotopic (exact) mass is 385 g/mol. The average Bonchev–Trinajstić information content (AvgIpc) is 2.97. The maximum atomic E-state index is 12.5. The van der Waals surface area contributed by atoms with Crippen molar-refractivity contribution in [3.63, 3.8) is 0 Å². The Balaban J connectivity index is 1.92. The van der Waals surface area contributed by atoms with Gasteiger partial charge in [-0.25, -0.2) is 0 Å². The molecule has 2 aromatic rings.